The molecular formula is C6H12ClN. The van der Waals surface area contributed by atoms with Gasteiger partial charge in [0, 0.05) is 0 Å². The van der Waals surface area contributed by atoms with Crippen LogP contribution in [0.3, 0.4) is 0 Å². The van der Waals surface area contributed by atoms with Crippen LogP contribution < -0.4 is 0 Å². The van der Waals surface area contributed by atoms with Crippen LogP contribution in [0.15, 0.2) is 0 Å². The molecule has 1 aliphatic rings. The zero-order valence-electron chi connectivity index (χ0n) is 4.99. The summed E-state index contributed by atoms with van der Waals surface area (Å²) in [5, 5.41) is 5.85. The van der Waals surface area contributed by atoms with Gasteiger partial charge in [0.15, 0.2) is 0 Å². The summed E-state index contributed by atoms with van der Waals surface area (Å²) in [6.45, 7) is 0. The average Bonchev–Trinajstić information content (AvgIpc) is 2.17. The molecule has 1 rings (SSSR count). The average molecular weight is 134 g/mol. The van der Waals surface area contributed by atoms with Crippen molar-refractivity contribution in [2.24, 2.45) is 0 Å². The fourth-order valence-electron chi connectivity index (χ4n) is 0.884. The normalized spacial score (nSPS) is 16.6. The van der Waals surface area contributed by atoms with Crippen LogP contribution >= 0.6 is 11.6 Å². The molecule has 0 aliphatic heterocycles. The molecule has 0 heterocycles. The van der Waals surface area contributed by atoms with E-state index in [-0.39, 0.29) is 0 Å². The van der Waals surface area contributed by atoms with Crippen molar-refractivity contribution in [2.75, 3.05) is 0 Å². The van der Waals surface area contributed by atoms with Crippen molar-refractivity contribution < 1.29 is 0 Å². The second-order valence-electron chi connectivity index (χ2n) is 1.88. The Kier molecular flexibility index (Phi) is 6.93. The zero-order valence-corrected chi connectivity index (χ0v) is 5.75. The molecule has 8 heavy (non-hydrogen) atoms. The summed E-state index contributed by atoms with van der Waals surface area (Å²) in [6, 6.07) is 0. The van der Waals surface area contributed by atoms with Crippen LogP contribution in [0.1, 0.15) is 32.1 Å². The second kappa shape index (κ2) is 6.96. The molecule has 1 saturated carbocycles. The van der Waals surface area contributed by atoms with Gasteiger partial charge in [-0.05, 0) is 0 Å². The van der Waals surface area contributed by atoms with E-state index in [4.69, 9.17) is 5.41 Å². The molecule has 0 aromatic carbocycles. The molecule has 0 amide bonds. The van der Waals surface area contributed by atoms with Gasteiger partial charge < -0.3 is 0 Å². The maximum atomic E-state index is 5.85. The smallest absolute Gasteiger partial charge is 0.0836 e. The van der Waals surface area contributed by atoms with Crippen LogP contribution in [0.2, 0.25) is 0 Å². The first-order valence-corrected chi connectivity index (χ1v) is 3.44. The Morgan fingerprint density at radius 2 is 1.12 bits per heavy atom. The third-order valence-corrected chi connectivity index (χ3v) is 1.25. The largest absolute Gasteiger partial charge is 0.297 e. The van der Waals surface area contributed by atoms with Crippen LogP contribution in [-0.4, -0.2) is 5.67 Å². The summed E-state index contributed by atoms with van der Waals surface area (Å²) in [5.41, 5.74) is 0.722. The first-order valence-electron chi connectivity index (χ1n) is 3.01. The van der Waals surface area contributed by atoms with Crippen molar-refractivity contribution in [2.45, 2.75) is 32.1 Å². The lowest BCUT2D eigenvalue weighted by molar-refractivity contribution is 0.886. The fraction of sp³-hybridized carbons (Fsp3) is 0.833. The molecule has 0 saturated heterocycles. The molecule has 0 atom stereocenters. The maximum absolute atomic E-state index is 5.85. The maximum Gasteiger partial charge on any atom is 0.0836 e. The Labute approximate surface area is 55.6 Å². The quantitative estimate of drug-likeness (QED) is 0.492. The molecule has 0 radical (unpaired) electrons. The standard InChI is InChI=1S/C5H10.CH2ClN/c1-2-4-5-3-1;2-1-3/h1-5H2;1,3H. The third kappa shape index (κ3) is 5.96. The Morgan fingerprint density at radius 1 is 1.00 bits per heavy atom. The molecule has 0 aromatic heterocycles. The molecule has 2 heteroatoms. The first-order chi connectivity index (χ1) is 3.91. The van der Waals surface area contributed by atoms with Crippen molar-refractivity contribution in [3.63, 3.8) is 0 Å². The highest BCUT2D eigenvalue weighted by Crippen LogP contribution is 2.15. The lowest BCUT2D eigenvalue weighted by Crippen LogP contribution is -1.47. The predicted molar refractivity (Wildman–Crippen MR) is 37.7 cm³/mol. The third-order valence-electron chi connectivity index (χ3n) is 1.25. The molecule has 0 unspecified atom stereocenters. The number of rotatable bonds is 0. The monoisotopic (exact) mass is 133 g/mol. The highest BCUT2D eigenvalue weighted by atomic mass is 35.5. The summed E-state index contributed by atoms with van der Waals surface area (Å²) >= 11 is 4.54. The Balaban J connectivity index is 0.000000145. The molecule has 1 fully saturated rings. The summed E-state index contributed by atoms with van der Waals surface area (Å²) in [4.78, 5) is 0. The highest BCUT2D eigenvalue weighted by Gasteiger charge is 1.95. The first kappa shape index (κ1) is 7.96. The van der Waals surface area contributed by atoms with Crippen molar-refractivity contribution in [1.82, 2.24) is 0 Å². The number of halogens is 1. The lowest BCUT2D eigenvalue weighted by atomic mass is 10.4. The molecule has 48 valence electrons. The van der Waals surface area contributed by atoms with Crippen LogP contribution in [0.4, 0.5) is 0 Å². The van der Waals surface area contributed by atoms with Crippen molar-refractivity contribution in [1.29, 1.82) is 5.41 Å². The minimum atomic E-state index is 0.722. The lowest BCUT2D eigenvalue weighted by Gasteiger charge is -1.67. The van der Waals surface area contributed by atoms with Crippen LogP contribution in [-0.2, 0) is 0 Å². The molecule has 0 spiro atoms. The van der Waals surface area contributed by atoms with E-state index in [0.29, 0.717) is 0 Å². The van der Waals surface area contributed by atoms with Gasteiger partial charge in [-0.15, -0.1) is 0 Å². The summed E-state index contributed by atoms with van der Waals surface area (Å²) < 4.78 is 0. The highest BCUT2D eigenvalue weighted by molar-refractivity contribution is 6.55. The predicted octanol–water partition coefficient (Wildman–Crippen LogP) is 2.78. The minimum Gasteiger partial charge on any atom is -0.297 e. The molecule has 1 N–H and O–H groups in total. The van der Waals surface area contributed by atoms with E-state index in [1.165, 1.54) is 32.1 Å². The number of nitrogens with one attached hydrogen (secondary N) is 1. The van der Waals surface area contributed by atoms with E-state index in [2.05, 4.69) is 11.6 Å². The van der Waals surface area contributed by atoms with Gasteiger partial charge in [0.2, 0.25) is 0 Å². The summed E-state index contributed by atoms with van der Waals surface area (Å²) in [6.07, 6.45) is 7.50. The van der Waals surface area contributed by atoms with E-state index >= 15 is 0 Å². The van der Waals surface area contributed by atoms with Gasteiger partial charge in [0.25, 0.3) is 0 Å². The van der Waals surface area contributed by atoms with Crippen molar-refractivity contribution >= 4 is 17.3 Å². The van der Waals surface area contributed by atoms with E-state index in [0.717, 1.165) is 5.67 Å². The van der Waals surface area contributed by atoms with E-state index in [1.807, 2.05) is 0 Å². The summed E-state index contributed by atoms with van der Waals surface area (Å²) in [5.74, 6) is 0. The van der Waals surface area contributed by atoms with E-state index < -0.39 is 0 Å². The van der Waals surface area contributed by atoms with Crippen molar-refractivity contribution in [3.05, 3.63) is 0 Å². The second-order valence-corrected chi connectivity index (χ2v) is 2.10. The molecule has 1 aliphatic carbocycles. The summed E-state index contributed by atoms with van der Waals surface area (Å²) in [7, 11) is 0. The van der Waals surface area contributed by atoms with E-state index in [9.17, 15) is 0 Å². The Hall–Kier alpha value is -0.0400. The van der Waals surface area contributed by atoms with Gasteiger partial charge in [-0.1, -0.05) is 43.7 Å². The van der Waals surface area contributed by atoms with Gasteiger partial charge in [0.05, 0.1) is 5.67 Å². The van der Waals surface area contributed by atoms with Crippen LogP contribution in [0, 0.1) is 5.41 Å². The molecule has 0 bridgehead atoms. The molecule has 1 nitrogen and oxygen atoms in total. The van der Waals surface area contributed by atoms with E-state index in [1.54, 1.807) is 0 Å². The van der Waals surface area contributed by atoms with Gasteiger partial charge in [0.1, 0.15) is 0 Å². The SMILES string of the molecule is C1CCCC1.N=CCl. The van der Waals surface area contributed by atoms with Gasteiger partial charge in [-0.3, -0.25) is 5.41 Å². The van der Waals surface area contributed by atoms with Gasteiger partial charge in [-0.25, -0.2) is 0 Å². The Morgan fingerprint density at radius 3 is 1.25 bits per heavy atom. The zero-order chi connectivity index (χ0) is 6.24. The van der Waals surface area contributed by atoms with Crippen LogP contribution in [0.5, 0.6) is 0 Å². The molecular weight excluding hydrogens is 122 g/mol. The van der Waals surface area contributed by atoms with Crippen LogP contribution in [0.25, 0.3) is 0 Å². The van der Waals surface area contributed by atoms with Crippen molar-refractivity contribution in [3.8, 4) is 0 Å². The topological polar surface area (TPSA) is 23.9 Å². The fourth-order valence-corrected chi connectivity index (χ4v) is 0.884. The van der Waals surface area contributed by atoms with Gasteiger partial charge >= 0.3 is 0 Å². The number of hydrogen-bond acceptors (Lipinski definition) is 1. The number of hydrogen-bond donors (Lipinski definition) is 1. The molecule has 0 aromatic rings. The minimum absolute atomic E-state index is 0.722. The van der Waals surface area contributed by atoms with Gasteiger partial charge in [-0.2, -0.15) is 0 Å². The Bertz CT molecular complexity index is 42.9.